The van der Waals surface area contributed by atoms with Crippen LogP contribution in [-0.4, -0.2) is 61.6 Å². The third kappa shape index (κ3) is 4.34. The highest BCUT2D eigenvalue weighted by Crippen LogP contribution is 2.28. The Labute approximate surface area is 178 Å². The van der Waals surface area contributed by atoms with Gasteiger partial charge in [-0.25, -0.2) is 27.2 Å². The third-order valence-electron chi connectivity index (χ3n) is 5.17. The molecule has 162 valence electrons. The van der Waals surface area contributed by atoms with Crippen molar-refractivity contribution in [1.82, 2.24) is 14.9 Å². The number of hydrogen-bond acceptors (Lipinski definition) is 6. The van der Waals surface area contributed by atoms with E-state index in [2.05, 4.69) is 9.97 Å². The number of aromatic nitrogens is 2. The first-order valence-electron chi connectivity index (χ1n) is 9.63. The van der Waals surface area contributed by atoms with E-state index in [1.807, 2.05) is 4.90 Å². The molecule has 4 rings (SSSR count). The van der Waals surface area contributed by atoms with Crippen molar-refractivity contribution in [3.05, 3.63) is 59.9 Å². The molecule has 1 fully saturated rings. The zero-order valence-corrected chi connectivity index (χ0v) is 17.5. The number of alkyl halides is 2. The van der Waals surface area contributed by atoms with Gasteiger partial charge in [0.2, 0.25) is 0 Å². The van der Waals surface area contributed by atoms with Crippen LogP contribution < -0.4 is 4.90 Å². The minimum Gasteiger partial charge on any atom is -0.352 e. The predicted octanol–water partition coefficient (Wildman–Crippen LogP) is 2.93. The molecule has 0 aliphatic carbocycles. The first-order chi connectivity index (χ1) is 14.7. The van der Waals surface area contributed by atoms with E-state index in [4.69, 9.17) is 0 Å². The topological polar surface area (TPSA) is 83.5 Å². The molecule has 0 saturated carbocycles. The van der Waals surface area contributed by atoms with Crippen LogP contribution in [0.1, 0.15) is 22.6 Å². The van der Waals surface area contributed by atoms with Crippen LogP contribution in [0.25, 0.3) is 10.9 Å². The van der Waals surface area contributed by atoms with E-state index >= 15 is 0 Å². The van der Waals surface area contributed by atoms with Gasteiger partial charge in [-0.05, 0) is 30.3 Å². The van der Waals surface area contributed by atoms with Crippen molar-refractivity contribution >= 4 is 32.5 Å². The lowest BCUT2D eigenvalue weighted by Gasteiger charge is -2.36. The largest absolute Gasteiger partial charge is 0.352 e. The molecule has 0 spiro atoms. The van der Waals surface area contributed by atoms with Gasteiger partial charge >= 0.3 is 0 Å². The molecule has 1 aliphatic heterocycles. The molecule has 7 nitrogen and oxygen atoms in total. The molecule has 0 radical (unpaired) electrons. The number of carbonyl (C=O) groups is 1. The summed E-state index contributed by atoms with van der Waals surface area (Å²) in [6.45, 7) is 1.51. The summed E-state index contributed by atoms with van der Waals surface area (Å²) in [6.07, 6.45) is -1.69. The fraction of sp³-hybridized carbons (Fsp3) is 0.286. The Bertz CT molecular complexity index is 1240. The summed E-state index contributed by atoms with van der Waals surface area (Å²) in [5, 5.41) is 0.674. The molecule has 10 heteroatoms. The second-order valence-electron chi connectivity index (χ2n) is 7.30. The minimum absolute atomic E-state index is 0.0870. The van der Waals surface area contributed by atoms with Gasteiger partial charge in [0.1, 0.15) is 5.82 Å². The number of hydrogen-bond donors (Lipinski definition) is 0. The predicted molar refractivity (Wildman–Crippen MR) is 112 cm³/mol. The number of halogens is 2. The normalized spacial score (nSPS) is 15.0. The van der Waals surface area contributed by atoms with E-state index in [0.717, 1.165) is 6.26 Å². The van der Waals surface area contributed by atoms with Gasteiger partial charge in [0.15, 0.2) is 15.7 Å². The van der Waals surface area contributed by atoms with Crippen LogP contribution in [0, 0.1) is 0 Å². The Morgan fingerprint density at radius 3 is 2.39 bits per heavy atom. The smallest absolute Gasteiger partial charge is 0.297 e. The average Bonchev–Trinajstić information content (AvgIpc) is 2.77. The second-order valence-corrected chi connectivity index (χ2v) is 9.32. The lowest BCUT2D eigenvalue weighted by Crippen LogP contribution is -2.49. The number of piperazine rings is 1. The Hall–Kier alpha value is -3.14. The summed E-state index contributed by atoms with van der Waals surface area (Å²) < 4.78 is 50.1. The fourth-order valence-electron chi connectivity index (χ4n) is 3.58. The Kier molecular flexibility index (Phi) is 5.57. The molecule has 0 atom stereocenters. The van der Waals surface area contributed by atoms with Crippen LogP contribution in [0.3, 0.4) is 0 Å². The molecule has 0 bridgehead atoms. The molecule has 0 N–H and O–H groups in total. The third-order valence-corrected chi connectivity index (χ3v) is 6.28. The molecule has 1 aromatic heterocycles. The van der Waals surface area contributed by atoms with E-state index in [0.29, 0.717) is 48.5 Å². The van der Waals surface area contributed by atoms with Crippen molar-refractivity contribution in [2.45, 2.75) is 11.3 Å². The van der Waals surface area contributed by atoms with Crippen molar-refractivity contribution in [2.24, 2.45) is 0 Å². The highest BCUT2D eigenvalue weighted by molar-refractivity contribution is 7.90. The number of amides is 1. The van der Waals surface area contributed by atoms with E-state index < -0.39 is 22.1 Å². The van der Waals surface area contributed by atoms with E-state index in [1.54, 1.807) is 41.3 Å². The van der Waals surface area contributed by atoms with Crippen molar-refractivity contribution in [1.29, 1.82) is 0 Å². The summed E-state index contributed by atoms with van der Waals surface area (Å²) in [5.41, 5.74) is 0.739. The lowest BCUT2D eigenvalue weighted by molar-refractivity contribution is 0.0746. The first kappa shape index (κ1) is 21.1. The van der Waals surface area contributed by atoms with E-state index in [-0.39, 0.29) is 10.8 Å². The molecule has 31 heavy (non-hydrogen) atoms. The second kappa shape index (κ2) is 8.18. The Balaban J connectivity index is 1.55. The number of sulfone groups is 1. The molecule has 3 aromatic rings. The van der Waals surface area contributed by atoms with E-state index in [1.165, 1.54) is 12.1 Å². The van der Waals surface area contributed by atoms with Gasteiger partial charge < -0.3 is 9.80 Å². The molecule has 2 aromatic carbocycles. The molecule has 2 heterocycles. The molecular formula is C21H20F2N4O3S. The Morgan fingerprint density at radius 2 is 1.71 bits per heavy atom. The van der Waals surface area contributed by atoms with Gasteiger partial charge in [0.05, 0.1) is 10.4 Å². The number of anilines is 1. The van der Waals surface area contributed by atoms with Gasteiger partial charge in [-0.3, -0.25) is 4.79 Å². The summed E-state index contributed by atoms with van der Waals surface area (Å²) >= 11 is 0. The molecule has 1 aliphatic rings. The van der Waals surface area contributed by atoms with Gasteiger partial charge in [-0.1, -0.05) is 18.2 Å². The van der Waals surface area contributed by atoms with Crippen molar-refractivity contribution in [3.8, 4) is 0 Å². The maximum absolute atomic E-state index is 13.3. The molecular weight excluding hydrogens is 426 g/mol. The van der Waals surface area contributed by atoms with Gasteiger partial charge in [-0.15, -0.1) is 0 Å². The summed E-state index contributed by atoms with van der Waals surface area (Å²) in [6, 6.07) is 12.9. The maximum atomic E-state index is 13.3. The number of carbonyl (C=O) groups excluding carboxylic acids is 1. The minimum atomic E-state index is -3.42. The van der Waals surface area contributed by atoms with Crippen LogP contribution in [-0.2, 0) is 9.84 Å². The summed E-state index contributed by atoms with van der Waals surface area (Å²) in [4.78, 5) is 24.5. The monoisotopic (exact) mass is 446 g/mol. The molecule has 0 unspecified atom stereocenters. The van der Waals surface area contributed by atoms with Crippen LogP contribution in [0.15, 0.2) is 53.4 Å². The van der Waals surface area contributed by atoms with Gasteiger partial charge in [0.25, 0.3) is 12.3 Å². The first-order valence-corrected chi connectivity index (χ1v) is 11.5. The highest BCUT2D eigenvalue weighted by atomic mass is 32.2. The highest BCUT2D eigenvalue weighted by Gasteiger charge is 2.26. The lowest BCUT2D eigenvalue weighted by atomic mass is 10.1. The number of para-hydroxylation sites is 1. The average molecular weight is 446 g/mol. The van der Waals surface area contributed by atoms with E-state index in [9.17, 15) is 22.0 Å². The number of fused-ring (bicyclic) bond motifs is 1. The maximum Gasteiger partial charge on any atom is 0.297 e. The zero-order chi connectivity index (χ0) is 22.2. The zero-order valence-electron chi connectivity index (χ0n) is 16.7. The number of nitrogens with zero attached hydrogens (tertiary/aromatic N) is 4. The summed E-state index contributed by atoms with van der Waals surface area (Å²) in [7, 11) is -3.42. The van der Waals surface area contributed by atoms with Crippen molar-refractivity contribution in [3.63, 3.8) is 0 Å². The van der Waals surface area contributed by atoms with Gasteiger partial charge in [0, 0.05) is 43.4 Å². The SMILES string of the molecule is CS(=O)(=O)c1cccc(C(=O)N2CCN(c3nc(C(F)F)nc4ccccc34)CC2)c1. The standard InChI is InChI=1S/C21H20F2N4O3S/c1-31(29,30)15-6-4-5-14(13-15)21(28)27-11-9-26(10-12-27)20-16-7-2-3-8-17(16)24-19(25-20)18(22)23/h2-8,13,18H,9-12H2,1H3. The van der Waals surface area contributed by atoms with Crippen molar-refractivity contribution in [2.75, 3.05) is 37.3 Å². The van der Waals surface area contributed by atoms with Crippen molar-refractivity contribution < 1.29 is 22.0 Å². The van der Waals surface area contributed by atoms with Crippen LogP contribution in [0.4, 0.5) is 14.6 Å². The molecule has 1 saturated heterocycles. The Morgan fingerprint density at radius 1 is 1.00 bits per heavy atom. The van der Waals surface area contributed by atoms with Gasteiger partial charge in [-0.2, -0.15) is 0 Å². The summed E-state index contributed by atoms with van der Waals surface area (Å²) in [5.74, 6) is -0.372. The number of benzene rings is 2. The van der Waals surface area contributed by atoms with Crippen LogP contribution >= 0.6 is 0 Å². The van der Waals surface area contributed by atoms with Crippen LogP contribution in [0.5, 0.6) is 0 Å². The number of rotatable bonds is 4. The fourth-order valence-corrected chi connectivity index (χ4v) is 4.25. The quantitative estimate of drug-likeness (QED) is 0.613. The molecule has 1 amide bonds. The van der Waals surface area contributed by atoms with Crippen LogP contribution in [0.2, 0.25) is 0 Å².